The van der Waals surface area contributed by atoms with Gasteiger partial charge in [0.25, 0.3) is 0 Å². The molecular weight excluding hydrogens is 1930 g/mol. The molecule has 4 aliphatic carbocycles. The third kappa shape index (κ3) is 21.7. The lowest BCUT2D eigenvalue weighted by Gasteiger charge is -2.29. The van der Waals surface area contributed by atoms with Crippen LogP contribution in [0.5, 0.6) is 46.0 Å². The number of ether oxygens (including phenoxy) is 8. The second-order valence-corrected chi connectivity index (χ2v) is 43.4. The number of pyridine rings is 4. The number of sulfonamides is 3. The Morgan fingerprint density at radius 2 is 0.896 bits per heavy atom. The average molecular weight is 2040 g/mol. The van der Waals surface area contributed by atoms with Gasteiger partial charge < -0.3 is 58.4 Å². The van der Waals surface area contributed by atoms with Gasteiger partial charge in [0.1, 0.15) is 28.9 Å². The van der Waals surface area contributed by atoms with E-state index in [1.807, 2.05) is 147 Å². The van der Waals surface area contributed by atoms with Crippen molar-refractivity contribution in [3.8, 4) is 90.9 Å². The first-order chi connectivity index (χ1) is 68.3. The number of aliphatic hydroxyl groups is 1. The van der Waals surface area contributed by atoms with Crippen molar-refractivity contribution in [2.45, 2.75) is 166 Å². The highest BCUT2D eigenvalue weighted by Crippen LogP contribution is 2.57. The number of carbonyl (C=O) groups excluding carboxylic acids is 4. The lowest BCUT2D eigenvalue weighted by molar-refractivity contribution is -0.286. The maximum absolute atomic E-state index is 13.5. The summed E-state index contributed by atoms with van der Waals surface area (Å²) in [6.07, 6.45) is 9.22. The lowest BCUT2D eigenvalue weighted by atomic mass is 9.87. The Morgan fingerprint density at radius 1 is 0.472 bits per heavy atom. The van der Waals surface area contributed by atoms with Crippen molar-refractivity contribution in [3.05, 3.63) is 317 Å². The molecule has 1 unspecified atom stereocenters. The van der Waals surface area contributed by atoms with E-state index in [0.29, 0.717) is 107 Å². The number of aromatic nitrogens is 4. The number of halogens is 2. The smallest absolute Gasteiger partial charge is 0.468 e. The van der Waals surface area contributed by atoms with E-state index in [1.165, 1.54) is 58.8 Å². The van der Waals surface area contributed by atoms with Crippen LogP contribution in [-0.2, 0) is 110 Å². The first-order valence-electron chi connectivity index (χ1n) is 46.7. The van der Waals surface area contributed by atoms with Crippen molar-refractivity contribution in [1.29, 1.82) is 0 Å². The zero-order chi connectivity index (χ0) is 99.1. The molecule has 36 heteroatoms. The summed E-state index contributed by atoms with van der Waals surface area (Å²) < 4.78 is 158. The highest BCUT2D eigenvalue weighted by molar-refractivity contribution is 7.96. The zero-order valence-electron chi connectivity index (χ0n) is 79.4. The monoisotopic (exact) mass is 2030 g/mol. The van der Waals surface area contributed by atoms with Gasteiger partial charge in [-0.2, -0.15) is 4.31 Å². The van der Waals surface area contributed by atoms with Gasteiger partial charge in [0.05, 0.1) is 78.0 Å². The molecule has 7 N–H and O–H groups in total. The molecule has 5 aromatic heterocycles. The minimum Gasteiger partial charge on any atom is -0.468 e. The summed E-state index contributed by atoms with van der Waals surface area (Å²) in [5.74, 6) is 5.07. The molecule has 30 nitrogen and oxygen atoms in total. The molecule has 13 aromatic rings. The van der Waals surface area contributed by atoms with Gasteiger partial charge in [-0.05, 0) is 262 Å². The van der Waals surface area contributed by atoms with Crippen molar-refractivity contribution in [2.75, 3.05) is 53.8 Å². The number of alkyl halides is 2. The number of nitrogens with zero attached hydrogens (tertiary/aromatic N) is 6. The lowest BCUT2D eigenvalue weighted by Crippen LogP contribution is -2.42. The summed E-state index contributed by atoms with van der Waals surface area (Å²) in [6, 6.07) is 70.1. The Kier molecular flexibility index (Phi) is 29.5. The van der Waals surface area contributed by atoms with Crippen LogP contribution in [0.25, 0.3) is 44.9 Å². The number of ketones is 4. The van der Waals surface area contributed by atoms with Crippen LogP contribution in [0.2, 0.25) is 0 Å². The maximum atomic E-state index is 13.5. The van der Waals surface area contributed by atoms with Crippen molar-refractivity contribution < 1.29 is 113 Å². The Hall–Kier alpha value is -13.5. The van der Waals surface area contributed by atoms with Gasteiger partial charge in [-0.15, -0.1) is 8.78 Å². The number of carbonyl (C=O) groups is 4. The molecule has 4 saturated carbocycles. The topological polar surface area (TPSA) is 423 Å². The second-order valence-electron chi connectivity index (χ2n) is 36.8. The number of β-amino-alcohol motifs (C(OH)–C–C–N with tert-alkyl or cyclic N) is 1. The number of nitrogens with one attached hydrogen (secondary N) is 2. The minimum atomic E-state index is -3.69. The van der Waals surface area contributed by atoms with Crippen LogP contribution in [0.1, 0.15) is 133 Å². The van der Waals surface area contributed by atoms with Gasteiger partial charge in [-0.3, -0.25) is 43.8 Å². The fraction of sp³-hybridized carbons (Fsp3) is 0.296. The van der Waals surface area contributed by atoms with Crippen molar-refractivity contribution in [3.63, 3.8) is 0 Å². The highest BCUT2D eigenvalue weighted by atomic mass is 32.2. The van der Waals surface area contributed by atoms with E-state index >= 15 is 0 Å². The Morgan fingerprint density at radius 3 is 1.33 bits per heavy atom. The molecule has 22 rings (SSSR count). The van der Waals surface area contributed by atoms with Crippen LogP contribution < -0.4 is 47.3 Å². The number of Topliss-reactive ketones (excluding diaryl/α,β-unsaturated/α-hetero) is 4. The molecule has 0 radical (unpaired) electrons. The van der Waals surface area contributed by atoms with Crippen LogP contribution >= 0.6 is 11.9 Å². The molecule has 9 aliphatic rings. The summed E-state index contributed by atoms with van der Waals surface area (Å²) in [5.41, 5.74) is 13.6. The molecule has 1 atom stereocenters. The van der Waals surface area contributed by atoms with Crippen molar-refractivity contribution >= 4 is 65.2 Å². The number of aliphatic hydroxyl groups excluding tert-OH is 1. The highest BCUT2D eigenvalue weighted by Gasteiger charge is 2.55. The molecule has 1 saturated heterocycles. The van der Waals surface area contributed by atoms with Crippen molar-refractivity contribution in [1.82, 2.24) is 38.0 Å². The van der Waals surface area contributed by atoms with E-state index in [-0.39, 0.29) is 121 Å². The minimum absolute atomic E-state index is 0. The number of benzene rings is 8. The number of hydrogen-bond donors (Lipinski definition) is 3. The Labute approximate surface area is 837 Å². The molecule has 8 aromatic carbocycles. The normalized spacial score (nSPS) is 17.0. The van der Waals surface area contributed by atoms with E-state index in [9.17, 15) is 58.3 Å². The standard InChI is InChI=1S/C28H28N2O6S.C28H24N2O6S.C27H28N2O5S.C25H22F2N2O3S.2H2O.H2/c31-22-4-2-14-30(17-22)37(33,34)23-9-6-19(7-10-23)24-5-1-3-21(29-24)16-27(32)28(12-13-28)20-8-11-25-26(15-20)36-18-35-25;31-27(28(12-13-28)20-8-11-25-26(15-20)36-18-35-25)16-21-3-1-5-24(30-21)19-6-9-23(10-7-19)37(32,33)29-17-22-4-2-14-34-22;1-17-18(2)23(28-15-22(17)19-6-5-7-21(12-19)35(31,32)29(3)4)14-26(30)27(10-11-27)20-8-9-24-25(13-20)34-16-33-24;1-33-28-15-16-5-7-17(8-6-16)20-4-2-3-19(29-20)14-23(30)24(11-12-24)18-9-10-21-22(13-18)32-25(26,27)31-21;;;/h1,3,5-11,15,22,31H,2,4,12-14,16-18H2;1-11,14-15,29H,12-13,16-18H2;5-9,12-13,15H,10-11,14,16H2,1-4H3;2-10,13,28H,11-12,14-15H2,1H3;2*1H2;1H. The molecular formula is C108H108F2N8O22S4. The summed E-state index contributed by atoms with van der Waals surface area (Å²) in [7, 11) is -7.87. The van der Waals surface area contributed by atoms with Gasteiger partial charge in [0, 0.05) is 106 Å². The molecule has 5 aliphatic heterocycles. The van der Waals surface area contributed by atoms with E-state index < -0.39 is 64.1 Å². The van der Waals surface area contributed by atoms with Crippen molar-refractivity contribution in [2.24, 2.45) is 0 Å². The third-order valence-corrected chi connectivity index (χ3v) is 33.1. The summed E-state index contributed by atoms with van der Waals surface area (Å²) in [5, 5.41) is 9.88. The summed E-state index contributed by atoms with van der Waals surface area (Å²) >= 11 is 1.57. The molecule has 144 heavy (non-hydrogen) atoms. The molecule has 10 heterocycles. The summed E-state index contributed by atoms with van der Waals surface area (Å²) in [4.78, 5) is 72.8. The first kappa shape index (κ1) is 102. The van der Waals surface area contributed by atoms with Crippen LogP contribution in [0, 0.1) is 13.8 Å². The van der Waals surface area contributed by atoms with Crippen LogP contribution in [-0.4, -0.2) is 159 Å². The van der Waals surface area contributed by atoms with Gasteiger partial charge >= 0.3 is 6.29 Å². The number of piperidine rings is 1. The largest absolute Gasteiger partial charge is 0.586 e. The number of furan rings is 1. The van der Waals surface area contributed by atoms with E-state index in [0.717, 1.165) is 112 Å². The molecule has 0 spiro atoms. The van der Waals surface area contributed by atoms with E-state index in [2.05, 4.69) is 36.0 Å². The van der Waals surface area contributed by atoms with E-state index in [4.69, 9.17) is 47.8 Å². The Balaban J connectivity index is 0.000000138. The predicted molar refractivity (Wildman–Crippen MR) is 534 cm³/mol. The number of fused-ring (bicyclic) bond motifs is 4. The van der Waals surface area contributed by atoms with Gasteiger partial charge in [-0.25, -0.2) is 34.3 Å². The van der Waals surface area contributed by atoms with Crippen LogP contribution in [0.15, 0.2) is 268 Å². The zero-order valence-corrected chi connectivity index (χ0v) is 82.6. The number of rotatable bonds is 31. The molecule has 0 amide bonds. The Bertz CT molecular complexity index is 7400. The molecule has 0 bridgehead atoms. The predicted octanol–water partition coefficient (Wildman–Crippen LogP) is 15.9. The second kappa shape index (κ2) is 41.7. The third-order valence-electron chi connectivity index (χ3n) is 27.6. The van der Waals surface area contributed by atoms with Gasteiger partial charge in [-0.1, -0.05) is 115 Å². The quantitative estimate of drug-likeness (QED) is 0.0340. The fourth-order valence-electron chi connectivity index (χ4n) is 18.5. The van der Waals surface area contributed by atoms with E-state index in [1.54, 1.807) is 90.9 Å². The first-order valence-corrected chi connectivity index (χ1v) is 52.2. The molecule has 5 fully saturated rings. The van der Waals surface area contributed by atoms with Gasteiger partial charge in [0.15, 0.2) is 46.0 Å². The fourth-order valence-corrected chi connectivity index (χ4v) is 22.3. The van der Waals surface area contributed by atoms with Crippen LogP contribution in [0.3, 0.4) is 0 Å². The SMILES string of the molecule is CSNCc1ccc(-c2cccc(CC(=O)C3(c4ccc5c(c4)OC(F)(F)O5)CC3)n2)cc1.Cc1c(-c2cccc(S(=O)(=O)N(C)C)c2)cnc(CC(=O)C2(c3ccc4c(c3)OCO4)CC2)c1C.O.O.O=C(Cc1cccc(-c2ccc(S(=O)(=O)N3CCCC(O)C3)cc2)n1)C1(c2ccc3c(c2)OCO3)CC1.O=C(Cc1cccc(-c2ccc(S(=O)(=O)NCc3ccco3)cc2)n1)C1(c2ccc3c(c2)OCO3)CC1.[HH]. The summed E-state index contributed by atoms with van der Waals surface area (Å²) in [6.45, 7) is 5.94. The molecule has 750 valence electrons. The van der Waals surface area contributed by atoms with Gasteiger partial charge in [0.2, 0.25) is 50.4 Å². The average Bonchev–Trinajstić information content (AvgIpc) is 1.59. The number of hydrogen-bond acceptors (Lipinski definition) is 26. The van der Waals surface area contributed by atoms with Crippen LogP contribution in [0.4, 0.5) is 8.78 Å². The maximum Gasteiger partial charge on any atom is 0.586 e.